The van der Waals surface area contributed by atoms with E-state index in [-0.39, 0.29) is 0 Å². The quantitative estimate of drug-likeness (QED) is 0.269. The maximum atomic E-state index is 2.35. The zero-order valence-corrected chi connectivity index (χ0v) is 14.2. The molecule has 0 spiro atoms. The third kappa shape index (κ3) is 14.2. The molecular formula is C19H40. The van der Waals surface area contributed by atoms with Gasteiger partial charge in [-0.05, 0) is 5.92 Å². The monoisotopic (exact) mass is 268 g/mol. The summed E-state index contributed by atoms with van der Waals surface area (Å²) in [6, 6.07) is 0. The molecule has 0 aromatic rings. The molecule has 1 atom stereocenters. The van der Waals surface area contributed by atoms with Gasteiger partial charge in [-0.2, -0.15) is 0 Å². The van der Waals surface area contributed by atoms with Crippen LogP contribution in [0.2, 0.25) is 0 Å². The molecule has 0 rings (SSSR count). The summed E-state index contributed by atoms with van der Waals surface area (Å²) < 4.78 is 0. The van der Waals surface area contributed by atoms with E-state index < -0.39 is 0 Å². The molecule has 0 radical (unpaired) electrons. The van der Waals surface area contributed by atoms with Gasteiger partial charge in [0, 0.05) is 0 Å². The largest absolute Gasteiger partial charge is 0.0654 e. The molecular weight excluding hydrogens is 228 g/mol. The molecule has 0 aliphatic carbocycles. The molecule has 19 heavy (non-hydrogen) atoms. The van der Waals surface area contributed by atoms with Crippen molar-refractivity contribution in [3.63, 3.8) is 0 Å². The predicted octanol–water partition coefficient (Wildman–Crippen LogP) is 7.51. The normalized spacial score (nSPS) is 12.8. The summed E-state index contributed by atoms with van der Waals surface area (Å²) in [4.78, 5) is 0. The maximum Gasteiger partial charge on any atom is -0.0414 e. The SMILES string of the molecule is CCCCCCCCCCC(CCC)CCCCC. The van der Waals surface area contributed by atoms with Crippen molar-refractivity contribution in [2.75, 3.05) is 0 Å². The molecule has 0 saturated carbocycles. The lowest BCUT2D eigenvalue weighted by molar-refractivity contribution is 0.380. The standard InChI is InChI=1S/C19H40/c1-4-7-9-10-11-12-13-15-18-19(16-6-3)17-14-8-5-2/h19H,4-18H2,1-3H3. The van der Waals surface area contributed by atoms with Gasteiger partial charge in [-0.15, -0.1) is 0 Å². The lowest BCUT2D eigenvalue weighted by Crippen LogP contribution is -2.00. The van der Waals surface area contributed by atoms with Crippen molar-refractivity contribution in [1.82, 2.24) is 0 Å². The predicted molar refractivity (Wildman–Crippen MR) is 89.8 cm³/mol. The minimum Gasteiger partial charge on any atom is -0.0654 e. The van der Waals surface area contributed by atoms with Gasteiger partial charge >= 0.3 is 0 Å². The molecule has 116 valence electrons. The van der Waals surface area contributed by atoms with E-state index in [0.717, 1.165) is 5.92 Å². The molecule has 0 saturated heterocycles. The fourth-order valence-corrected chi connectivity index (χ4v) is 3.09. The lowest BCUT2D eigenvalue weighted by atomic mass is 9.91. The van der Waals surface area contributed by atoms with Crippen LogP contribution in [0.25, 0.3) is 0 Å². The highest BCUT2D eigenvalue weighted by Gasteiger charge is 2.06. The lowest BCUT2D eigenvalue weighted by Gasteiger charge is -2.15. The average molecular weight is 269 g/mol. The van der Waals surface area contributed by atoms with Gasteiger partial charge in [0.2, 0.25) is 0 Å². The van der Waals surface area contributed by atoms with Gasteiger partial charge in [0.05, 0.1) is 0 Å². The molecule has 0 N–H and O–H groups in total. The van der Waals surface area contributed by atoms with Crippen molar-refractivity contribution in [2.24, 2.45) is 5.92 Å². The zero-order chi connectivity index (χ0) is 14.2. The minimum atomic E-state index is 1.04. The molecule has 0 bridgehead atoms. The number of hydrogen-bond donors (Lipinski definition) is 0. The Hall–Kier alpha value is 0. The second-order valence-corrected chi connectivity index (χ2v) is 6.41. The molecule has 0 aliphatic rings. The van der Waals surface area contributed by atoms with Gasteiger partial charge in [-0.3, -0.25) is 0 Å². The van der Waals surface area contributed by atoms with Crippen LogP contribution >= 0.6 is 0 Å². The molecule has 0 aromatic carbocycles. The van der Waals surface area contributed by atoms with Crippen molar-refractivity contribution in [1.29, 1.82) is 0 Å². The number of rotatable bonds is 15. The van der Waals surface area contributed by atoms with Gasteiger partial charge in [-0.25, -0.2) is 0 Å². The van der Waals surface area contributed by atoms with Gasteiger partial charge in [0.25, 0.3) is 0 Å². The van der Waals surface area contributed by atoms with E-state index in [1.165, 1.54) is 96.3 Å². The van der Waals surface area contributed by atoms with Crippen LogP contribution in [0.1, 0.15) is 117 Å². The van der Waals surface area contributed by atoms with Crippen LogP contribution in [-0.2, 0) is 0 Å². The first-order valence-corrected chi connectivity index (χ1v) is 9.35. The molecule has 0 aromatic heterocycles. The fourth-order valence-electron chi connectivity index (χ4n) is 3.09. The van der Waals surface area contributed by atoms with Crippen molar-refractivity contribution in [3.05, 3.63) is 0 Å². The first-order valence-electron chi connectivity index (χ1n) is 9.35. The summed E-state index contributed by atoms with van der Waals surface area (Å²) in [5.41, 5.74) is 0. The topological polar surface area (TPSA) is 0 Å². The molecule has 0 nitrogen and oxygen atoms in total. The molecule has 0 heterocycles. The molecule has 0 amide bonds. The second kappa shape index (κ2) is 16.1. The van der Waals surface area contributed by atoms with Gasteiger partial charge < -0.3 is 0 Å². The molecule has 0 fully saturated rings. The van der Waals surface area contributed by atoms with Crippen LogP contribution in [0.5, 0.6) is 0 Å². The Kier molecular flexibility index (Phi) is 16.1. The van der Waals surface area contributed by atoms with Gasteiger partial charge in [0.15, 0.2) is 0 Å². The summed E-state index contributed by atoms with van der Waals surface area (Å²) in [7, 11) is 0. The van der Waals surface area contributed by atoms with Gasteiger partial charge in [0.1, 0.15) is 0 Å². The Morgan fingerprint density at radius 1 is 0.421 bits per heavy atom. The van der Waals surface area contributed by atoms with E-state index in [1.54, 1.807) is 0 Å². The van der Waals surface area contributed by atoms with Crippen LogP contribution < -0.4 is 0 Å². The van der Waals surface area contributed by atoms with Crippen molar-refractivity contribution >= 4 is 0 Å². The first-order chi connectivity index (χ1) is 9.35. The Bertz CT molecular complexity index is 150. The van der Waals surface area contributed by atoms with Crippen molar-refractivity contribution < 1.29 is 0 Å². The maximum absolute atomic E-state index is 2.35. The Morgan fingerprint density at radius 3 is 1.37 bits per heavy atom. The summed E-state index contributed by atoms with van der Waals surface area (Å²) >= 11 is 0. The minimum absolute atomic E-state index is 1.04. The summed E-state index contributed by atoms with van der Waals surface area (Å²) in [6.45, 7) is 6.96. The van der Waals surface area contributed by atoms with E-state index in [0.29, 0.717) is 0 Å². The second-order valence-electron chi connectivity index (χ2n) is 6.41. The zero-order valence-electron chi connectivity index (χ0n) is 14.2. The highest BCUT2D eigenvalue weighted by Crippen LogP contribution is 2.22. The summed E-state index contributed by atoms with van der Waals surface area (Å²) in [5, 5.41) is 0. The van der Waals surface area contributed by atoms with Crippen LogP contribution in [0.15, 0.2) is 0 Å². The van der Waals surface area contributed by atoms with Crippen molar-refractivity contribution in [3.8, 4) is 0 Å². The van der Waals surface area contributed by atoms with E-state index in [4.69, 9.17) is 0 Å². The molecule has 1 unspecified atom stereocenters. The van der Waals surface area contributed by atoms with Crippen LogP contribution in [0, 0.1) is 5.92 Å². The van der Waals surface area contributed by atoms with E-state index in [1.807, 2.05) is 0 Å². The van der Waals surface area contributed by atoms with Gasteiger partial charge in [-0.1, -0.05) is 117 Å². The summed E-state index contributed by atoms with van der Waals surface area (Å²) in [6.07, 6.45) is 21.8. The summed E-state index contributed by atoms with van der Waals surface area (Å²) in [5.74, 6) is 1.04. The number of unbranched alkanes of at least 4 members (excludes halogenated alkanes) is 9. The van der Waals surface area contributed by atoms with E-state index >= 15 is 0 Å². The highest BCUT2D eigenvalue weighted by molar-refractivity contribution is 4.60. The van der Waals surface area contributed by atoms with Crippen molar-refractivity contribution in [2.45, 2.75) is 117 Å². The average Bonchev–Trinajstić information content (AvgIpc) is 2.42. The Labute approximate surface area is 123 Å². The molecule has 0 aliphatic heterocycles. The van der Waals surface area contributed by atoms with Crippen LogP contribution in [0.4, 0.5) is 0 Å². The van der Waals surface area contributed by atoms with Crippen LogP contribution in [-0.4, -0.2) is 0 Å². The third-order valence-electron chi connectivity index (χ3n) is 4.38. The first kappa shape index (κ1) is 19.0. The van der Waals surface area contributed by atoms with E-state index in [9.17, 15) is 0 Å². The van der Waals surface area contributed by atoms with E-state index in [2.05, 4.69) is 20.8 Å². The smallest absolute Gasteiger partial charge is 0.0414 e. The highest BCUT2D eigenvalue weighted by atomic mass is 14.1. The fraction of sp³-hybridized carbons (Fsp3) is 1.00. The molecule has 0 heteroatoms. The van der Waals surface area contributed by atoms with Crippen LogP contribution in [0.3, 0.4) is 0 Å². The third-order valence-corrected chi connectivity index (χ3v) is 4.38. The Balaban J connectivity index is 3.36. The Morgan fingerprint density at radius 2 is 0.842 bits per heavy atom. The number of hydrogen-bond acceptors (Lipinski definition) is 0.